The van der Waals surface area contributed by atoms with Crippen LogP contribution in [0.25, 0.3) is 26.7 Å². The zero-order valence-electron chi connectivity index (χ0n) is 8.01. The summed E-state index contributed by atoms with van der Waals surface area (Å²) < 4.78 is 5.16. The van der Waals surface area contributed by atoms with Gasteiger partial charge in [0.05, 0.1) is 0 Å². The van der Waals surface area contributed by atoms with Crippen LogP contribution in [0.1, 0.15) is 0 Å². The molecule has 0 aliphatic carbocycles. The molecule has 0 aliphatic heterocycles. The van der Waals surface area contributed by atoms with Gasteiger partial charge in [0.15, 0.2) is 10.4 Å². The van der Waals surface area contributed by atoms with Gasteiger partial charge in [0, 0.05) is 16.2 Å². The fourth-order valence-corrected chi connectivity index (χ4v) is 2.58. The number of diazo groups is 1. The molecule has 1 aromatic carbocycles. The zero-order valence-corrected chi connectivity index (χ0v) is 8.82. The van der Waals surface area contributed by atoms with Crippen molar-refractivity contribution in [2.24, 2.45) is 0 Å². The molecule has 2 aromatic heterocycles. The number of fused-ring (bicyclic) bond motifs is 3. The van der Waals surface area contributed by atoms with E-state index in [9.17, 15) is 4.79 Å². The number of nitrogens with zero attached hydrogens (tertiary/aromatic N) is 2. The van der Waals surface area contributed by atoms with Crippen molar-refractivity contribution in [1.29, 1.82) is 5.39 Å². The third-order valence-corrected chi connectivity index (χ3v) is 3.31. The summed E-state index contributed by atoms with van der Waals surface area (Å²) in [6.45, 7) is 0. The molecule has 0 radical (unpaired) electrons. The van der Waals surface area contributed by atoms with Gasteiger partial charge in [0.25, 0.3) is 0 Å². The van der Waals surface area contributed by atoms with Crippen molar-refractivity contribution in [2.75, 3.05) is 0 Å². The van der Waals surface area contributed by atoms with Gasteiger partial charge in [-0.15, -0.1) is 0 Å². The van der Waals surface area contributed by atoms with Crippen molar-refractivity contribution < 1.29 is 4.42 Å². The van der Waals surface area contributed by atoms with Crippen molar-refractivity contribution >= 4 is 38.1 Å². The van der Waals surface area contributed by atoms with Crippen LogP contribution >= 0.6 is 11.3 Å². The number of hydrogen-bond donors (Lipinski definition) is 0. The van der Waals surface area contributed by atoms with E-state index in [1.807, 2.05) is 12.1 Å². The quantitative estimate of drug-likeness (QED) is 0.438. The molecular formula is C11H5N2O2S+. The molecule has 5 heteroatoms. The first kappa shape index (κ1) is 9.07. The maximum absolute atomic E-state index is 11.7. The van der Waals surface area contributed by atoms with Gasteiger partial charge in [-0.2, -0.15) is 0 Å². The molecule has 0 aliphatic rings. The summed E-state index contributed by atoms with van der Waals surface area (Å²) in [5, 5.41) is 12.8. The van der Waals surface area contributed by atoms with Gasteiger partial charge in [0.2, 0.25) is 5.39 Å². The molecule has 0 amide bonds. The summed E-state index contributed by atoms with van der Waals surface area (Å²) in [6.07, 6.45) is 0. The third kappa shape index (κ3) is 1.08. The minimum absolute atomic E-state index is 0.287. The third-order valence-electron chi connectivity index (χ3n) is 2.45. The first-order chi connectivity index (χ1) is 7.81. The fourth-order valence-electron chi connectivity index (χ4n) is 1.75. The Morgan fingerprint density at radius 2 is 2.06 bits per heavy atom. The Morgan fingerprint density at radius 3 is 2.88 bits per heavy atom. The monoisotopic (exact) mass is 229 g/mol. The molecule has 3 rings (SSSR count). The summed E-state index contributed by atoms with van der Waals surface area (Å²) in [5.74, 6) is 0. The van der Waals surface area contributed by atoms with Crippen LogP contribution in [-0.4, -0.2) is 0 Å². The number of rotatable bonds is 0. The summed E-state index contributed by atoms with van der Waals surface area (Å²) in [4.78, 5) is 14.8. The van der Waals surface area contributed by atoms with Crippen molar-refractivity contribution in [3.05, 3.63) is 45.0 Å². The molecule has 0 unspecified atom stereocenters. The second-order valence-electron chi connectivity index (χ2n) is 3.32. The van der Waals surface area contributed by atoms with Gasteiger partial charge in [-0.1, -0.05) is 29.5 Å². The van der Waals surface area contributed by atoms with Gasteiger partial charge >= 0.3 is 10.6 Å². The maximum Gasteiger partial charge on any atom is 0.455 e. The molecule has 0 atom stereocenters. The summed E-state index contributed by atoms with van der Waals surface area (Å²) >= 11 is 1.22. The lowest BCUT2D eigenvalue weighted by Crippen LogP contribution is -1.97. The maximum atomic E-state index is 11.7. The molecule has 0 fully saturated rings. The highest BCUT2D eigenvalue weighted by Gasteiger charge is 2.21. The summed E-state index contributed by atoms with van der Waals surface area (Å²) in [5.41, 5.74) is 0.0741. The van der Waals surface area contributed by atoms with E-state index in [2.05, 4.69) is 4.98 Å². The molecular weight excluding hydrogens is 224 g/mol. The van der Waals surface area contributed by atoms with Crippen LogP contribution in [0.5, 0.6) is 0 Å². The first-order valence-electron chi connectivity index (χ1n) is 4.59. The summed E-state index contributed by atoms with van der Waals surface area (Å²) in [6, 6.07) is 7.29. The van der Waals surface area contributed by atoms with Crippen LogP contribution in [0.4, 0.5) is 5.00 Å². The predicted octanol–water partition coefficient (Wildman–Crippen LogP) is 3.49. The van der Waals surface area contributed by atoms with E-state index in [0.29, 0.717) is 11.0 Å². The van der Waals surface area contributed by atoms with Crippen LogP contribution in [0.15, 0.2) is 38.9 Å². The highest BCUT2D eigenvalue weighted by atomic mass is 32.1. The molecule has 16 heavy (non-hydrogen) atoms. The highest BCUT2D eigenvalue weighted by Crippen LogP contribution is 2.34. The molecule has 0 spiro atoms. The second-order valence-corrected chi connectivity index (χ2v) is 4.17. The lowest BCUT2D eigenvalue weighted by atomic mass is 10.1. The van der Waals surface area contributed by atoms with Crippen molar-refractivity contribution in [2.45, 2.75) is 0 Å². The lowest BCUT2D eigenvalue weighted by molar-refractivity contribution is 0.570. The van der Waals surface area contributed by atoms with E-state index in [0.717, 1.165) is 10.8 Å². The van der Waals surface area contributed by atoms with E-state index in [1.165, 1.54) is 11.3 Å². The molecule has 76 valence electrons. The van der Waals surface area contributed by atoms with E-state index >= 15 is 0 Å². The Kier molecular flexibility index (Phi) is 1.79. The fraction of sp³-hybridized carbons (Fsp3) is 0. The van der Waals surface area contributed by atoms with Gasteiger partial charge in [-0.05, 0) is 6.07 Å². The van der Waals surface area contributed by atoms with Crippen LogP contribution in [0, 0.1) is 5.39 Å². The topological polar surface area (TPSA) is 58.4 Å². The molecule has 0 N–H and O–H groups in total. The summed E-state index contributed by atoms with van der Waals surface area (Å²) in [7, 11) is 0. The normalized spacial score (nSPS) is 10.7. The van der Waals surface area contributed by atoms with E-state index in [-0.39, 0.29) is 5.00 Å². The number of thiophene rings is 1. The lowest BCUT2D eigenvalue weighted by Gasteiger charge is -1.95. The van der Waals surface area contributed by atoms with E-state index in [1.54, 1.807) is 17.5 Å². The minimum Gasteiger partial charge on any atom is -0.422 e. The molecule has 4 nitrogen and oxygen atoms in total. The first-order valence-corrected chi connectivity index (χ1v) is 5.47. The Morgan fingerprint density at radius 1 is 1.25 bits per heavy atom. The van der Waals surface area contributed by atoms with Gasteiger partial charge < -0.3 is 4.42 Å². The largest absolute Gasteiger partial charge is 0.455 e. The second kappa shape index (κ2) is 3.15. The average Bonchev–Trinajstić information content (AvgIpc) is 2.74. The van der Waals surface area contributed by atoms with Gasteiger partial charge in [-0.25, -0.2) is 4.79 Å². The Hall–Kier alpha value is -2.19. The van der Waals surface area contributed by atoms with Crippen molar-refractivity contribution in [1.82, 2.24) is 0 Å². The predicted molar refractivity (Wildman–Crippen MR) is 62.6 cm³/mol. The molecule has 0 bridgehead atoms. The number of benzene rings is 1. The highest BCUT2D eigenvalue weighted by molar-refractivity contribution is 7.16. The Labute approximate surface area is 93.4 Å². The molecule has 2 heterocycles. The smallest absolute Gasteiger partial charge is 0.422 e. The Bertz CT molecular complexity index is 795. The minimum atomic E-state index is -0.470. The van der Waals surface area contributed by atoms with Crippen LogP contribution in [-0.2, 0) is 0 Å². The Balaban J connectivity index is 2.68. The average molecular weight is 229 g/mol. The van der Waals surface area contributed by atoms with E-state index in [4.69, 9.17) is 9.81 Å². The standard InChI is InChI=1S/C11H5N2O2S/c12-13-10-9-7(5-16-10)6-3-1-2-4-8(6)15-11(9)14/h1-5H/q+1. The van der Waals surface area contributed by atoms with Gasteiger partial charge in [0.1, 0.15) is 5.58 Å². The SMILES string of the molecule is N#[N+]c1scc2c1c(=O)oc1ccccc12. The molecule has 0 saturated heterocycles. The van der Waals surface area contributed by atoms with Crippen LogP contribution in [0.3, 0.4) is 0 Å². The molecule has 0 saturated carbocycles. The van der Waals surface area contributed by atoms with Gasteiger partial charge in [-0.3, -0.25) is 0 Å². The number of hydrogen-bond acceptors (Lipinski definition) is 4. The van der Waals surface area contributed by atoms with Crippen molar-refractivity contribution in [3.63, 3.8) is 0 Å². The van der Waals surface area contributed by atoms with Crippen LogP contribution in [0.2, 0.25) is 0 Å². The van der Waals surface area contributed by atoms with E-state index < -0.39 is 5.63 Å². The van der Waals surface area contributed by atoms with Crippen LogP contribution < -0.4 is 5.63 Å². The van der Waals surface area contributed by atoms with Crippen molar-refractivity contribution in [3.8, 4) is 0 Å². The number of para-hydroxylation sites is 1. The molecule has 3 aromatic rings. The zero-order chi connectivity index (χ0) is 11.1.